The van der Waals surface area contributed by atoms with Crippen LogP contribution in [0.4, 0.5) is 5.69 Å². The molecule has 0 aliphatic heterocycles. The van der Waals surface area contributed by atoms with Gasteiger partial charge < -0.3 is 15.4 Å². The summed E-state index contributed by atoms with van der Waals surface area (Å²) >= 11 is 5.98. The highest BCUT2D eigenvalue weighted by Gasteiger charge is 2.11. The van der Waals surface area contributed by atoms with Crippen LogP contribution in [0, 0.1) is 13.8 Å². The van der Waals surface area contributed by atoms with Crippen LogP contribution < -0.4 is 15.4 Å². The summed E-state index contributed by atoms with van der Waals surface area (Å²) in [4.78, 5) is 12.2. The van der Waals surface area contributed by atoms with Crippen LogP contribution in [-0.2, 0) is 4.79 Å². The number of nitrogens with one attached hydrogen (secondary N) is 2. The van der Waals surface area contributed by atoms with Crippen molar-refractivity contribution in [3.8, 4) is 5.75 Å². The van der Waals surface area contributed by atoms with Gasteiger partial charge in [0.2, 0.25) is 5.91 Å². The summed E-state index contributed by atoms with van der Waals surface area (Å²) < 4.78 is 5.25. The van der Waals surface area contributed by atoms with Gasteiger partial charge in [-0.1, -0.05) is 29.8 Å². The second-order valence-corrected chi connectivity index (χ2v) is 6.27. The molecule has 0 aromatic heterocycles. The molecule has 0 bridgehead atoms. The number of anilines is 1. The number of amides is 1. The number of carbonyl (C=O) groups is 1. The third kappa shape index (κ3) is 4.65. The Balaban J connectivity index is 1.95. The minimum absolute atomic E-state index is 0.0557. The molecule has 4 nitrogen and oxygen atoms in total. The first-order chi connectivity index (χ1) is 11.4. The quantitative estimate of drug-likeness (QED) is 0.821. The highest BCUT2D eigenvalue weighted by Crippen LogP contribution is 2.27. The van der Waals surface area contributed by atoms with Gasteiger partial charge in [0.15, 0.2) is 0 Å². The first kappa shape index (κ1) is 18.1. The molecule has 0 aliphatic carbocycles. The highest BCUT2D eigenvalue weighted by atomic mass is 35.5. The summed E-state index contributed by atoms with van der Waals surface area (Å²) in [6, 6.07) is 11.4. The van der Waals surface area contributed by atoms with Gasteiger partial charge in [0.05, 0.1) is 25.4 Å². The van der Waals surface area contributed by atoms with Crippen molar-refractivity contribution in [1.29, 1.82) is 0 Å². The van der Waals surface area contributed by atoms with E-state index in [1.54, 1.807) is 25.3 Å². The van der Waals surface area contributed by atoms with Crippen molar-refractivity contribution >= 4 is 23.2 Å². The zero-order chi connectivity index (χ0) is 17.7. The van der Waals surface area contributed by atoms with E-state index in [1.807, 2.05) is 13.0 Å². The summed E-state index contributed by atoms with van der Waals surface area (Å²) in [5.41, 5.74) is 4.24. The molecule has 128 valence electrons. The predicted molar refractivity (Wildman–Crippen MR) is 99.0 cm³/mol. The van der Waals surface area contributed by atoms with E-state index in [-0.39, 0.29) is 18.5 Å². The number of rotatable bonds is 6. The minimum Gasteiger partial charge on any atom is -0.495 e. The van der Waals surface area contributed by atoms with Crippen molar-refractivity contribution in [1.82, 2.24) is 5.32 Å². The van der Waals surface area contributed by atoms with Crippen molar-refractivity contribution in [2.45, 2.75) is 26.8 Å². The Morgan fingerprint density at radius 1 is 1.17 bits per heavy atom. The van der Waals surface area contributed by atoms with E-state index in [0.29, 0.717) is 16.5 Å². The monoisotopic (exact) mass is 346 g/mol. The number of ether oxygens (including phenoxy) is 1. The van der Waals surface area contributed by atoms with E-state index >= 15 is 0 Å². The molecular formula is C19H23ClN2O2. The first-order valence-electron chi connectivity index (χ1n) is 7.84. The molecule has 0 heterocycles. The maximum Gasteiger partial charge on any atom is 0.239 e. The summed E-state index contributed by atoms with van der Waals surface area (Å²) in [6.07, 6.45) is 0. The van der Waals surface area contributed by atoms with E-state index in [2.05, 4.69) is 36.6 Å². The molecule has 24 heavy (non-hydrogen) atoms. The van der Waals surface area contributed by atoms with Gasteiger partial charge in [-0.2, -0.15) is 0 Å². The SMILES string of the molecule is COc1ccc(Cl)cc1NCC(=O)N[C@@H](C)c1ccc(C)c(C)c1. The standard InChI is InChI=1S/C19H23ClN2O2/c1-12-5-6-15(9-13(12)2)14(3)22-19(23)11-21-17-10-16(20)7-8-18(17)24-4/h5-10,14,21H,11H2,1-4H3,(H,22,23)/t14-/m0/s1. The third-order valence-electron chi connectivity index (χ3n) is 4.01. The molecule has 0 fully saturated rings. The molecule has 1 amide bonds. The topological polar surface area (TPSA) is 50.4 Å². The van der Waals surface area contributed by atoms with E-state index < -0.39 is 0 Å². The fraction of sp³-hybridized carbons (Fsp3) is 0.316. The zero-order valence-corrected chi connectivity index (χ0v) is 15.2. The Bertz CT molecular complexity index is 731. The molecule has 2 N–H and O–H groups in total. The Kier molecular flexibility index (Phi) is 6.10. The number of benzene rings is 2. The number of methoxy groups -OCH3 is 1. The fourth-order valence-corrected chi connectivity index (χ4v) is 2.58. The number of carbonyl (C=O) groups excluding carboxylic acids is 1. The second-order valence-electron chi connectivity index (χ2n) is 5.83. The van der Waals surface area contributed by atoms with Gasteiger partial charge in [-0.3, -0.25) is 4.79 Å². The third-order valence-corrected chi connectivity index (χ3v) is 4.24. The van der Waals surface area contributed by atoms with Crippen molar-refractivity contribution in [2.75, 3.05) is 19.0 Å². The molecule has 0 saturated carbocycles. The van der Waals surface area contributed by atoms with E-state index in [0.717, 1.165) is 5.56 Å². The molecule has 0 unspecified atom stereocenters. The number of hydrogen-bond donors (Lipinski definition) is 2. The van der Waals surface area contributed by atoms with E-state index in [1.165, 1.54) is 11.1 Å². The lowest BCUT2D eigenvalue weighted by Gasteiger charge is -2.17. The fourth-order valence-electron chi connectivity index (χ4n) is 2.40. The van der Waals surface area contributed by atoms with Gasteiger partial charge >= 0.3 is 0 Å². The lowest BCUT2D eigenvalue weighted by Crippen LogP contribution is -2.32. The summed E-state index contributed by atoms with van der Waals surface area (Å²) in [7, 11) is 1.58. The van der Waals surface area contributed by atoms with Gasteiger partial charge in [-0.25, -0.2) is 0 Å². The molecule has 0 radical (unpaired) electrons. The van der Waals surface area contributed by atoms with Gasteiger partial charge in [0, 0.05) is 5.02 Å². The number of hydrogen-bond acceptors (Lipinski definition) is 3. The minimum atomic E-state index is -0.0947. The summed E-state index contributed by atoms with van der Waals surface area (Å²) in [5.74, 6) is 0.553. The van der Waals surface area contributed by atoms with Crippen LogP contribution in [-0.4, -0.2) is 19.6 Å². The zero-order valence-electron chi connectivity index (χ0n) is 14.4. The smallest absolute Gasteiger partial charge is 0.239 e. The molecule has 5 heteroatoms. The van der Waals surface area contributed by atoms with E-state index in [9.17, 15) is 4.79 Å². The lowest BCUT2D eigenvalue weighted by atomic mass is 10.0. The van der Waals surface area contributed by atoms with Crippen LogP contribution >= 0.6 is 11.6 Å². The van der Waals surface area contributed by atoms with Gasteiger partial charge in [-0.05, 0) is 55.7 Å². The average molecular weight is 347 g/mol. The Hall–Kier alpha value is -2.20. The number of aryl methyl sites for hydroxylation is 2. The van der Waals surface area contributed by atoms with Crippen molar-refractivity contribution in [3.05, 3.63) is 58.1 Å². The highest BCUT2D eigenvalue weighted by molar-refractivity contribution is 6.30. The van der Waals surface area contributed by atoms with Crippen molar-refractivity contribution < 1.29 is 9.53 Å². The molecular weight excluding hydrogens is 324 g/mol. The molecule has 0 aliphatic rings. The summed E-state index contributed by atoms with van der Waals surface area (Å²) in [5, 5.41) is 6.64. The molecule has 2 aromatic carbocycles. The van der Waals surface area contributed by atoms with Crippen LogP contribution in [0.5, 0.6) is 5.75 Å². The van der Waals surface area contributed by atoms with Crippen LogP contribution in [0.2, 0.25) is 5.02 Å². The molecule has 1 atom stereocenters. The molecule has 0 spiro atoms. The molecule has 2 aromatic rings. The van der Waals surface area contributed by atoms with Crippen LogP contribution in [0.15, 0.2) is 36.4 Å². The van der Waals surface area contributed by atoms with Gasteiger partial charge in [0.25, 0.3) is 0 Å². The predicted octanol–water partition coefficient (Wildman–Crippen LogP) is 4.25. The maximum atomic E-state index is 12.2. The molecule has 2 rings (SSSR count). The largest absolute Gasteiger partial charge is 0.495 e. The van der Waals surface area contributed by atoms with E-state index in [4.69, 9.17) is 16.3 Å². The Labute approximate surface area is 148 Å². The van der Waals surface area contributed by atoms with Crippen LogP contribution in [0.25, 0.3) is 0 Å². The number of halogens is 1. The molecule has 0 saturated heterocycles. The van der Waals surface area contributed by atoms with Gasteiger partial charge in [0.1, 0.15) is 5.75 Å². The first-order valence-corrected chi connectivity index (χ1v) is 8.22. The van der Waals surface area contributed by atoms with Crippen molar-refractivity contribution in [2.24, 2.45) is 0 Å². The van der Waals surface area contributed by atoms with Crippen LogP contribution in [0.3, 0.4) is 0 Å². The maximum absolute atomic E-state index is 12.2. The van der Waals surface area contributed by atoms with Crippen LogP contribution in [0.1, 0.15) is 29.7 Å². The van der Waals surface area contributed by atoms with Gasteiger partial charge in [-0.15, -0.1) is 0 Å². The Morgan fingerprint density at radius 3 is 2.58 bits per heavy atom. The normalized spacial score (nSPS) is 11.7. The van der Waals surface area contributed by atoms with Crippen molar-refractivity contribution in [3.63, 3.8) is 0 Å². The lowest BCUT2D eigenvalue weighted by molar-refractivity contribution is -0.120. The Morgan fingerprint density at radius 2 is 1.92 bits per heavy atom. The average Bonchev–Trinajstić information content (AvgIpc) is 2.55. The second kappa shape index (κ2) is 8.06. The summed E-state index contributed by atoms with van der Waals surface area (Å²) in [6.45, 7) is 6.26.